The number of rotatable bonds is 7. The van der Waals surface area contributed by atoms with Crippen molar-refractivity contribution in [2.75, 3.05) is 7.11 Å². The predicted molar refractivity (Wildman–Crippen MR) is 83.4 cm³/mol. The largest absolute Gasteiger partial charge is 0.481 e. The zero-order chi connectivity index (χ0) is 15.2. The highest BCUT2D eigenvalue weighted by molar-refractivity contribution is 5.19. The molecule has 0 spiro atoms. The van der Waals surface area contributed by atoms with E-state index in [1.807, 2.05) is 29.2 Å². The minimum Gasteiger partial charge on any atom is -0.481 e. The summed E-state index contributed by atoms with van der Waals surface area (Å²) >= 11 is 0. The SMILES string of the molecule is CCC(C)n1ccc(CC(N)Cc2ccc(OC)nc2)n1. The van der Waals surface area contributed by atoms with Crippen LogP contribution in [-0.4, -0.2) is 27.9 Å². The van der Waals surface area contributed by atoms with Gasteiger partial charge in [0.05, 0.1) is 12.8 Å². The predicted octanol–water partition coefficient (Wildman–Crippen LogP) is 2.37. The summed E-state index contributed by atoms with van der Waals surface area (Å²) in [5, 5.41) is 4.59. The summed E-state index contributed by atoms with van der Waals surface area (Å²) in [4.78, 5) is 4.20. The van der Waals surface area contributed by atoms with Gasteiger partial charge in [0.1, 0.15) is 0 Å². The lowest BCUT2D eigenvalue weighted by atomic mass is 10.0. The van der Waals surface area contributed by atoms with Crippen LogP contribution in [0.25, 0.3) is 0 Å². The third kappa shape index (κ3) is 4.29. The maximum atomic E-state index is 6.22. The average molecular weight is 288 g/mol. The van der Waals surface area contributed by atoms with Crippen LogP contribution >= 0.6 is 0 Å². The zero-order valence-electron chi connectivity index (χ0n) is 13.0. The zero-order valence-corrected chi connectivity index (χ0v) is 13.0. The Morgan fingerprint density at radius 3 is 2.71 bits per heavy atom. The average Bonchev–Trinajstić information content (AvgIpc) is 2.95. The minimum atomic E-state index is 0.0421. The molecular formula is C16H24N4O. The van der Waals surface area contributed by atoms with E-state index in [2.05, 4.69) is 30.0 Å². The molecule has 0 saturated carbocycles. The number of pyridine rings is 1. The molecule has 2 unspecified atom stereocenters. The van der Waals surface area contributed by atoms with Gasteiger partial charge in [0.15, 0.2) is 0 Å². The van der Waals surface area contributed by atoms with Crippen molar-refractivity contribution in [3.05, 3.63) is 41.9 Å². The van der Waals surface area contributed by atoms with Gasteiger partial charge in [0.2, 0.25) is 5.88 Å². The van der Waals surface area contributed by atoms with Gasteiger partial charge in [-0.05, 0) is 31.4 Å². The van der Waals surface area contributed by atoms with Gasteiger partial charge in [0.25, 0.3) is 0 Å². The fraction of sp³-hybridized carbons (Fsp3) is 0.500. The van der Waals surface area contributed by atoms with Gasteiger partial charge in [-0.2, -0.15) is 5.10 Å². The smallest absolute Gasteiger partial charge is 0.212 e. The molecule has 0 amide bonds. The maximum Gasteiger partial charge on any atom is 0.212 e. The summed E-state index contributed by atoms with van der Waals surface area (Å²) in [5.41, 5.74) is 8.38. The fourth-order valence-electron chi connectivity index (χ4n) is 2.21. The molecule has 21 heavy (non-hydrogen) atoms. The van der Waals surface area contributed by atoms with E-state index in [1.54, 1.807) is 7.11 Å². The van der Waals surface area contributed by atoms with Crippen LogP contribution in [0.1, 0.15) is 37.6 Å². The molecule has 2 rings (SSSR count). The van der Waals surface area contributed by atoms with Crippen LogP contribution in [-0.2, 0) is 12.8 Å². The molecule has 0 saturated heterocycles. The van der Waals surface area contributed by atoms with Gasteiger partial charge in [-0.25, -0.2) is 4.98 Å². The van der Waals surface area contributed by atoms with Gasteiger partial charge < -0.3 is 10.5 Å². The molecular weight excluding hydrogens is 264 g/mol. The maximum absolute atomic E-state index is 6.22. The van der Waals surface area contributed by atoms with Crippen LogP contribution in [0.2, 0.25) is 0 Å². The Labute approximate surface area is 126 Å². The topological polar surface area (TPSA) is 66.0 Å². The van der Waals surface area contributed by atoms with Crippen molar-refractivity contribution in [3.63, 3.8) is 0 Å². The molecule has 0 aliphatic rings. The van der Waals surface area contributed by atoms with E-state index >= 15 is 0 Å². The van der Waals surface area contributed by atoms with E-state index in [4.69, 9.17) is 10.5 Å². The quantitative estimate of drug-likeness (QED) is 0.849. The van der Waals surface area contributed by atoms with Crippen LogP contribution in [0, 0.1) is 0 Å². The van der Waals surface area contributed by atoms with Crippen LogP contribution in [0.3, 0.4) is 0 Å². The van der Waals surface area contributed by atoms with Crippen LogP contribution in [0.4, 0.5) is 0 Å². The Hall–Kier alpha value is -1.88. The van der Waals surface area contributed by atoms with Crippen molar-refractivity contribution in [2.24, 2.45) is 5.73 Å². The summed E-state index contributed by atoms with van der Waals surface area (Å²) in [6.45, 7) is 4.33. The molecule has 5 heteroatoms. The summed E-state index contributed by atoms with van der Waals surface area (Å²) in [6, 6.07) is 6.39. The Bertz CT molecular complexity index is 550. The van der Waals surface area contributed by atoms with Crippen molar-refractivity contribution in [3.8, 4) is 5.88 Å². The van der Waals surface area contributed by atoms with Gasteiger partial charge in [-0.15, -0.1) is 0 Å². The van der Waals surface area contributed by atoms with Crippen molar-refractivity contribution < 1.29 is 4.74 Å². The highest BCUT2D eigenvalue weighted by atomic mass is 16.5. The highest BCUT2D eigenvalue weighted by Crippen LogP contribution is 2.12. The number of methoxy groups -OCH3 is 1. The standard InChI is InChI=1S/C16H24N4O/c1-4-12(2)20-8-7-15(19-20)10-14(17)9-13-5-6-16(21-3)18-11-13/h5-8,11-12,14H,4,9-10,17H2,1-3H3. The summed E-state index contributed by atoms with van der Waals surface area (Å²) in [5.74, 6) is 0.625. The minimum absolute atomic E-state index is 0.0421. The molecule has 0 fully saturated rings. The Morgan fingerprint density at radius 1 is 1.29 bits per heavy atom. The van der Waals surface area contributed by atoms with E-state index in [1.165, 1.54) is 0 Å². The molecule has 0 aliphatic heterocycles. The van der Waals surface area contributed by atoms with E-state index < -0.39 is 0 Å². The Kier molecular flexibility index (Phi) is 5.33. The van der Waals surface area contributed by atoms with E-state index in [-0.39, 0.29) is 6.04 Å². The van der Waals surface area contributed by atoms with Crippen molar-refractivity contribution in [2.45, 2.75) is 45.2 Å². The van der Waals surface area contributed by atoms with E-state index in [0.29, 0.717) is 11.9 Å². The molecule has 0 aromatic carbocycles. The van der Waals surface area contributed by atoms with E-state index in [9.17, 15) is 0 Å². The molecule has 2 N–H and O–H groups in total. The second-order valence-electron chi connectivity index (χ2n) is 5.42. The van der Waals surface area contributed by atoms with Crippen LogP contribution in [0.5, 0.6) is 5.88 Å². The van der Waals surface area contributed by atoms with Gasteiger partial charge in [-0.1, -0.05) is 13.0 Å². The molecule has 2 heterocycles. The Balaban J connectivity index is 1.91. The molecule has 2 aromatic rings. The number of nitrogens with two attached hydrogens (primary N) is 1. The van der Waals surface area contributed by atoms with E-state index in [0.717, 1.165) is 30.5 Å². The second-order valence-corrected chi connectivity index (χ2v) is 5.42. The summed E-state index contributed by atoms with van der Waals surface area (Å²) in [6.07, 6.45) is 6.48. The number of hydrogen-bond acceptors (Lipinski definition) is 4. The van der Waals surface area contributed by atoms with Crippen LogP contribution < -0.4 is 10.5 Å². The molecule has 5 nitrogen and oxygen atoms in total. The first kappa shape index (κ1) is 15.5. The highest BCUT2D eigenvalue weighted by Gasteiger charge is 2.10. The lowest BCUT2D eigenvalue weighted by Crippen LogP contribution is -2.26. The van der Waals surface area contributed by atoms with Gasteiger partial charge in [0, 0.05) is 37.0 Å². The third-order valence-corrected chi connectivity index (χ3v) is 3.68. The Morgan fingerprint density at radius 2 is 2.10 bits per heavy atom. The van der Waals surface area contributed by atoms with Crippen LogP contribution in [0.15, 0.2) is 30.6 Å². The normalized spacial score (nSPS) is 13.9. The number of aromatic nitrogens is 3. The third-order valence-electron chi connectivity index (χ3n) is 3.68. The first-order valence-corrected chi connectivity index (χ1v) is 7.41. The first-order chi connectivity index (χ1) is 10.1. The molecule has 2 atom stereocenters. The lowest BCUT2D eigenvalue weighted by Gasteiger charge is -2.11. The van der Waals surface area contributed by atoms with Gasteiger partial charge in [-0.3, -0.25) is 4.68 Å². The van der Waals surface area contributed by atoms with Crippen molar-refractivity contribution in [1.82, 2.24) is 14.8 Å². The second kappa shape index (κ2) is 7.22. The lowest BCUT2D eigenvalue weighted by molar-refractivity contribution is 0.397. The fourth-order valence-corrected chi connectivity index (χ4v) is 2.21. The first-order valence-electron chi connectivity index (χ1n) is 7.41. The number of ether oxygens (including phenoxy) is 1. The van der Waals surface area contributed by atoms with Gasteiger partial charge >= 0.3 is 0 Å². The summed E-state index contributed by atoms with van der Waals surface area (Å²) in [7, 11) is 1.61. The molecule has 114 valence electrons. The van der Waals surface area contributed by atoms with Crippen molar-refractivity contribution in [1.29, 1.82) is 0 Å². The number of nitrogens with zero attached hydrogens (tertiary/aromatic N) is 3. The molecule has 0 aliphatic carbocycles. The number of hydrogen-bond donors (Lipinski definition) is 1. The molecule has 0 bridgehead atoms. The molecule has 2 aromatic heterocycles. The molecule has 0 radical (unpaired) electrons. The monoisotopic (exact) mass is 288 g/mol. The summed E-state index contributed by atoms with van der Waals surface area (Å²) < 4.78 is 7.06. The van der Waals surface area contributed by atoms with Crippen molar-refractivity contribution >= 4 is 0 Å².